The van der Waals surface area contributed by atoms with Crippen LogP contribution in [0.3, 0.4) is 0 Å². The fraction of sp³-hybridized carbons (Fsp3) is 0.667. The van der Waals surface area contributed by atoms with Crippen LogP contribution in [0.5, 0.6) is 0 Å². The predicted octanol–water partition coefficient (Wildman–Crippen LogP) is -0.243. The van der Waals surface area contributed by atoms with Crippen molar-refractivity contribution in [3.63, 3.8) is 0 Å². The number of hydrogen-bond donors (Lipinski definition) is 1. The maximum absolute atomic E-state index is 11.8. The van der Waals surface area contributed by atoms with Crippen molar-refractivity contribution >= 4 is 5.91 Å². The lowest BCUT2D eigenvalue weighted by Crippen LogP contribution is -2.57. The topological polar surface area (TPSA) is 59.4 Å². The molecule has 1 N–H and O–H groups in total. The average Bonchev–Trinajstić information content (AvgIpc) is 2.73. The quantitative estimate of drug-likeness (QED) is 0.806. The highest BCUT2D eigenvalue weighted by atomic mass is 16.5. The summed E-state index contributed by atoms with van der Waals surface area (Å²) in [5, 5.41) is 6.81. The van der Waals surface area contributed by atoms with E-state index in [0.717, 1.165) is 18.7 Å². The van der Waals surface area contributed by atoms with E-state index in [1.165, 1.54) is 0 Å². The molecule has 6 nitrogen and oxygen atoms in total. The number of carbonyl (C=O) groups is 1. The standard InChI is InChI=1S/C12H20N4O2/c1-12(11(17)13-2)9-16(4-5-18-12)8-10-6-14-15(3)7-10/h6-7H,4-5,8-9H2,1-3H3,(H,13,17). The summed E-state index contributed by atoms with van der Waals surface area (Å²) >= 11 is 0. The molecule has 18 heavy (non-hydrogen) atoms. The highest BCUT2D eigenvalue weighted by Crippen LogP contribution is 2.19. The number of hydrogen-bond acceptors (Lipinski definition) is 4. The molecule has 0 radical (unpaired) electrons. The number of nitrogens with one attached hydrogen (secondary N) is 1. The van der Waals surface area contributed by atoms with E-state index in [1.807, 2.05) is 26.4 Å². The monoisotopic (exact) mass is 252 g/mol. The maximum atomic E-state index is 11.8. The first kappa shape index (κ1) is 13.0. The summed E-state index contributed by atoms with van der Waals surface area (Å²) in [6.45, 7) is 4.64. The van der Waals surface area contributed by atoms with Gasteiger partial charge in [0.2, 0.25) is 0 Å². The zero-order valence-corrected chi connectivity index (χ0v) is 11.1. The third-order valence-corrected chi connectivity index (χ3v) is 3.23. The number of aryl methyl sites for hydroxylation is 1. The smallest absolute Gasteiger partial charge is 0.253 e. The van der Waals surface area contributed by atoms with Crippen LogP contribution in [-0.2, 0) is 23.1 Å². The normalized spacial score (nSPS) is 25.1. The lowest BCUT2D eigenvalue weighted by atomic mass is 10.0. The van der Waals surface area contributed by atoms with Gasteiger partial charge in [-0.3, -0.25) is 14.4 Å². The summed E-state index contributed by atoms with van der Waals surface area (Å²) in [7, 11) is 3.54. The predicted molar refractivity (Wildman–Crippen MR) is 66.9 cm³/mol. The second-order valence-corrected chi connectivity index (χ2v) is 4.89. The molecule has 1 atom stereocenters. The summed E-state index contributed by atoms with van der Waals surface area (Å²) in [5.41, 5.74) is 0.397. The number of amides is 1. The van der Waals surface area contributed by atoms with E-state index in [9.17, 15) is 4.79 Å². The molecular weight excluding hydrogens is 232 g/mol. The Hall–Kier alpha value is -1.40. The minimum atomic E-state index is -0.755. The highest BCUT2D eigenvalue weighted by molar-refractivity contribution is 5.84. The Morgan fingerprint density at radius 3 is 3.06 bits per heavy atom. The van der Waals surface area contributed by atoms with Gasteiger partial charge in [-0.15, -0.1) is 0 Å². The second kappa shape index (κ2) is 5.07. The van der Waals surface area contributed by atoms with Crippen molar-refractivity contribution in [2.75, 3.05) is 26.7 Å². The van der Waals surface area contributed by atoms with Crippen LogP contribution in [0.15, 0.2) is 12.4 Å². The molecular formula is C12H20N4O2. The molecule has 6 heteroatoms. The van der Waals surface area contributed by atoms with Crippen molar-refractivity contribution in [1.82, 2.24) is 20.0 Å². The van der Waals surface area contributed by atoms with E-state index in [2.05, 4.69) is 15.3 Å². The third kappa shape index (κ3) is 2.70. The number of nitrogens with zero attached hydrogens (tertiary/aromatic N) is 3. The fourth-order valence-corrected chi connectivity index (χ4v) is 2.30. The fourth-order valence-electron chi connectivity index (χ4n) is 2.30. The van der Waals surface area contributed by atoms with E-state index in [1.54, 1.807) is 11.7 Å². The van der Waals surface area contributed by atoms with Crippen LogP contribution in [-0.4, -0.2) is 52.9 Å². The molecule has 1 amide bonds. The van der Waals surface area contributed by atoms with Gasteiger partial charge in [0.05, 0.1) is 12.8 Å². The van der Waals surface area contributed by atoms with Crippen LogP contribution in [0.1, 0.15) is 12.5 Å². The number of morpholine rings is 1. The lowest BCUT2D eigenvalue weighted by molar-refractivity contribution is -0.156. The number of rotatable bonds is 3. The van der Waals surface area contributed by atoms with Crippen LogP contribution >= 0.6 is 0 Å². The zero-order valence-electron chi connectivity index (χ0n) is 11.1. The summed E-state index contributed by atoms with van der Waals surface area (Å²) in [5.74, 6) is -0.0709. The van der Waals surface area contributed by atoms with E-state index in [4.69, 9.17) is 4.74 Å². The number of ether oxygens (including phenoxy) is 1. The van der Waals surface area contributed by atoms with Gasteiger partial charge in [0.15, 0.2) is 5.60 Å². The molecule has 1 aromatic rings. The van der Waals surface area contributed by atoms with Gasteiger partial charge < -0.3 is 10.1 Å². The Labute approximate surface area is 107 Å². The van der Waals surface area contributed by atoms with E-state index in [-0.39, 0.29) is 5.91 Å². The molecule has 1 fully saturated rings. The molecule has 100 valence electrons. The summed E-state index contributed by atoms with van der Waals surface area (Å²) in [6.07, 6.45) is 3.85. The molecule has 0 aromatic carbocycles. The Bertz CT molecular complexity index is 431. The van der Waals surface area contributed by atoms with Crippen LogP contribution in [0.4, 0.5) is 0 Å². The number of carbonyl (C=O) groups excluding carboxylic acids is 1. The Morgan fingerprint density at radius 2 is 2.44 bits per heavy atom. The molecule has 1 unspecified atom stereocenters. The van der Waals surface area contributed by atoms with E-state index < -0.39 is 5.60 Å². The highest BCUT2D eigenvalue weighted by Gasteiger charge is 2.38. The summed E-state index contributed by atoms with van der Waals surface area (Å²) < 4.78 is 7.40. The first-order valence-corrected chi connectivity index (χ1v) is 6.09. The molecule has 0 aliphatic carbocycles. The van der Waals surface area contributed by atoms with Gasteiger partial charge in [0, 0.05) is 45.5 Å². The Kier molecular flexibility index (Phi) is 3.68. The Morgan fingerprint density at radius 1 is 1.67 bits per heavy atom. The van der Waals surface area contributed by atoms with E-state index in [0.29, 0.717) is 13.2 Å². The average molecular weight is 252 g/mol. The number of aromatic nitrogens is 2. The molecule has 2 rings (SSSR count). The molecule has 1 aliphatic rings. The van der Waals surface area contributed by atoms with Gasteiger partial charge in [-0.1, -0.05) is 0 Å². The van der Waals surface area contributed by atoms with Gasteiger partial charge >= 0.3 is 0 Å². The molecule has 0 spiro atoms. The molecule has 2 heterocycles. The molecule has 1 saturated heterocycles. The molecule has 1 aliphatic heterocycles. The van der Waals surface area contributed by atoms with Crippen LogP contribution in [0.25, 0.3) is 0 Å². The first-order chi connectivity index (χ1) is 8.53. The zero-order chi connectivity index (χ0) is 13.2. The van der Waals surface area contributed by atoms with Gasteiger partial charge in [0.25, 0.3) is 5.91 Å². The number of likely N-dealkylation sites (N-methyl/N-ethyl adjacent to an activating group) is 1. The van der Waals surface area contributed by atoms with Crippen molar-refractivity contribution in [3.05, 3.63) is 18.0 Å². The van der Waals surface area contributed by atoms with E-state index >= 15 is 0 Å². The van der Waals surface area contributed by atoms with Gasteiger partial charge in [0.1, 0.15) is 0 Å². The molecule has 0 bridgehead atoms. The SMILES string of the molecule is CNC(=O)C1(C)CN(Cc2cnn(C)c2)CCO1. The first-order valence-electron chi connectivity index (χ1n) is 6.09. The Balaban J connectivity index is 2.00. The third-order valence-electron chi connectivity index (χ3n) is 3.23. The van der Waals surface area contributed by atoms with Crippen molar-refractivity contribution < 1.29 is 9.53 Å². The van der Waals surface area contributed by atoms with Gasteiger partial charge in [-0.2, -0.15) is 5.10 Å². The molecule has 0 saturated carbocycles. The van der Waals surface area contributed by atoms with Crippen LogP contribution < -0.4 is 5.32 Å². The largest absolute Gasteiger partial charge is 0.363 e. The van der Waals surface area contributed by atoms with Gasteiger partial charge in [-0.05, 0) is 6.92 Å². The van der Waals surface area contributed by atoms with Crippen LogP contribution in [0, 0.1) is 0 Å². The van der Waals surface area contributed by atoms with Gasteiger partial charge in [-0.25, -0.2) is 0 Å². The molecule has 1 aromatic heterocycles. The van der Waals surface area contributed by atoms with Crippen LogP contribution in [0.2, 0.25) is 0 Å². The second-order valence-electron chi connectivity index (χ2n) is 4.89. The van der Waals surface area contributed by atoms with Crippen molar-refractivity contribution in [1.29, 1.82) is 0 Å². The van der Waals surface area contributed by atoms with Crippen molar-refractivity contribution in [3.8, 4) is 0 Å². The van der Waals surface area contributed by atoms with Crippen molar-refractivity contribution in [2.45, 2.75) is 19.1 Å². The lowest BCUT2D eigenvalue weighted by Gasteiger charge is -2.38. The maximum Gasteiger partial charge on any atom is 0.253 e. The van der Waals surface area contributed by atoms with Crippen molar-refractivity contribution in [2.24, 2.45) is 7.05 Å². The summed E-state index contributed by atoms with van der Waals surface area (Å²) in [4.78, 5) is 14.0. The summed E-state index contributed by atoms with van der Waals surface area (Å²) in [6, 6.07) is 0. The minimum Gasteiger partial charge on any atom is -0.363 e. The minimum absolute atomic E-state index is 0.0709.